The summed E-state index contributed by atoms with van der Waals surface area (Å²) >= 11 is 5.94. The zero-order valence-electron chi connectivity index (χ0n) is 18.2. The van der Waals surface area contributed by atoms with Gasteiger partial charge >= 0.3 is 0 Å². The van der Waals surface area contributed by atoms with E-state index in [0.717, 1.165) is 5.56 Å². The molecular formula is C23H30ClN3O3S. The van der Waals surface area contributed by atoms with Crippen LogP contribution in [0.2, 0.25) is 5.02 Å². The summed E-state index contributed by atoms with van der Waals surface area (Å²) in [7, 11) is -3.58. The lowest BCUT2D eigenvalue weighted by molar-refractivity contribution is -0.123. The molecule has 1 amide bonds. The van der Waals surface area contributed by atoms with E-state index in [2.05, 4.69) is 43.4 Å². The monoisotopic (exact) mass is 463 g/mol. The van der Waals surface area contributed by atoms with Crippen LogP contribution in [0.5, 0.6) is 0 Å². The van der Waals surface area contributed by atoms with Gasteiger partial charge in [-0.25, -0.2) is 8.42 Å². The Labute approximate surface area is 190 Å². The highest BCUT2D eigenvalue weighted by atomic mass is 35.5. The van der Waals surface area contributed by atoms with Gasteiger partial charge in [0.05, 0.1) is 17.5 Å². The Balaban J connectivity index is 1.50. The number of halogens is 1. The summed E-state index contributed by atoms with van der Waals surface area (Å²) in [4.78, 5) is 14.7. The largest absolute Gasteiger partial charge is 0.348 e. The minimum Gasteiger partial charge on any atom is -0.348 e. The number of benzene rings is 2. The molecule has 1 aliphatic heterocycles. The smallest absolute Gasteiger partial charge is 0.243 e. The Kier molecular flexibility index (Phi) is 7.75. The Morgan fingerprint density at radius 2 is 1.61 bits per heavy atom. The van der Waals surface area contributed by atoms with E-state index in [0.29, 0.717) is 37.1 Å². The number of hydrogen-bond acceptors (Lipinski definition) is 4. The highest BCUT2D eigenvalue weighted by Crippen LogP contribution is 2.21. The second kappa shape index (κ2) is 10.1. The Bertz CT molecular complexity index is 1000. The first-order valence-electron chi connectivity index (χ1n) is 10.5. The van der Waals surface area contributed by atoms with Crippen LogP contribution in [0.15, 0.2) is 53.4 Å². The first-order chi connectivity index (χ1) is 14.7. The van der Waals surface area contributed by atoms with Gasteiger partial charge in [-0.2, -0.15) is 4.31 Å². The van der Waals surface area contributed by atoms with Gasteiger partial charge in [-0.1, -0.05) is 55.8 Å². The molecule has 8 heteroatoms. The third-order valence-electron chi connectivity index (χ3n) is 5.61. The molecule has 1 heterocycles. The van der Waals surface area contributed by atoms with E-state index in [1.807, 2.05) is 11.8 Å². The minimum atomic E-state index is -3.58. The number of rotatable bonds is 7. The van der Waals surface area contributed by atoms with Crippen molar-refractivity contribution < 1.29 is 13.2 Å². The summed E-state index contributed by atoms with van der Waals surface area (Å²) in [5, 5.41) is 3.43. The van der Waals surface area contributed by atoms with Gasteiger partial charge in [0.2, 0.25) is 15.9 Å². The van der Waals surface area contributed by atoms with Crippen molar-refractivity contribution in [2.75, 3.05) is 32.7 Å². The van der Waals surface area contributed by atoms with Crippen molar-refractivity contribution in [3.63, 3.8) is 0 Å². The first kappa shape index (κ1) is 23.7. The van der Waals surface area contributed by atoms with Crippen molar-refractivity contribution in [2.24, 2.45) is 0 Å². The molecule has 0 saturated carbocycles. The number of piperazine rings is 1. The van der Waals surface area contributed by atoms with Crippen LogP contribution in [-0.4, -0.2) is 56.3 Å². The fraction of sp³-hybridized carbons (Fsp3) is 0.435. The van der Waals surface area contributed by atoms with E-state index in [1.54, 1.807) is 18.2 Å². The molecule has 0 spiro atoms. The Morgan fingerprint density at radius 1 is 1.00 bits per heavy atom. The molecule has 168 valence electrons. The molecule has 1 unspecified atom stereocenters. The molecule has 3 rings (SSSR count). The topological polar surface area (TPSA) is 69.7 Å². The van der Waals surface area contributed by atoms with Gasteiger partial charge in [0, 0.05) is 31.2 Å². The minimum absolute atomic E-state index is 0.0633. The molecule has 1 fully saturated rings. The number of nitrogens with one attached hydrogen (secondary N) is 1. The summed E-state index contributed by atoms with van der Waals surface area (Å²) < 4.78 is 27.1. The van der Waals surface area contributed by atoms with Gasteiger partial charge in [-0.05, 0) is 42.2 Å². The molecule has 1 aliphatic rings. The average molecular weight is 464 g/mol. The van der Waals surface area contributed by atoms with Crippen molar-refractivity contribution in [3.05, 3.63) is 64.7 Å². The van der Waals surface area contributed by atoms with Gasteiger partial charge in [0.15, 0.2) is 0 Å². The van der Waals surface area contributed by atoms with Crippen molar-refractivity contribution in [1.82, 2.24) is 14.5 Å². The lowest BCUT2D eigenvalue weighted by Crippen LogP contribution is -2.51. The lowest BCUT2D eigenvalue weighted by atomic mass is 9.99. The molecule has 6 nitrogen and oxygen atoms in total. The van der Waals surface area contributed by atoms with E-state index in [4.69, 9.17) is 11.6 Å². The number of sulfonamides is 1. The van der Waals surface area contributed by atoms with Gasteiger partial charge in [0.25, 0.3) is 0 Å². The molecule has 1 N–H and O–H groups in total. The zero-order valence-corrected chi connectivity index (χ0v) is 19.8. The van der Waals surface area contributed by atoms with Crippen LogP contribution in [0.1, 0.15) is 43.9 Å². The highest BCUT2D eigenvalue weighted by molar-refractivity contribution is 7.89. The summed E-state index contributed by atoms with van der Waals surface area (Å²) in [5.74, 6) is 0.409. The summed E-state index contributed by atoms with van der Waals surface area (Å²) in [5.41, 5.74) is 2.34. The van der Waals surface area contributed by atoms with Crippen LogP contribution in [-0.2, 0) is 14.8 Å². The standard InChI is InChI=1S/C23H30ClN3O3S/c1-17(2)19-7-9-20(10-8-19)18(3)25-23(28)16-26-11-13-27(14-12-26)31(29,30)22-6-4-5-21(24)15-22/h4-10,15,17-18H,11-14,16H2,1-3H3,(H,25,28). The van der Waals surface area contributed by atoms with Gasteiger partial charge in [-0.15, -0.1) is 0 Å². The van der Waals surface area contributed by atoms with Crippen molar-refractivity contribution >= 4 is 27.5 Å². The predicted molar refractivity (Wildman–Crippen MR) is 124 cm³/mol. The summed E-state index contributed by atoms with van der Waals surface area (Å²) in [6.07, 6.45) is 0. The van der Waals surface area contributed by atoms with Crippen LogP contribution in [0.25, 0.3) is 0 Å². The van der Waals surface area contributed by atoms with Crippen LogP contribution in [0, 0.1) is 0 Å². The van der Waals surface area contributed by atoms with E-state index in [1.165, 1.54) is 15.9 Å². The molecule has 0 bridgehead atoms. The third kappa shape index (κ3) is 6.07. The van der Waals surface area contributed by atoms with Crippen LogP contribution in [0.3, 0.4) is 0 Å². The second-order valence-electron chi connectivity index (χ2n) is 8.25. The van der Waals surface area contributed by atoms with Gasteiger partial charge in [-0.3, -0.25) is 9.69 Å². The molecule has 0 aliphatic carbocycles. The van der Waals surface area contributed by atoms with Gasteiger partial charge in [0.1, 0.15) is 0 Å². The quantitative estimate of drug-likeness (QED) is 0.680. The second-order valence-corrected chi connectivity index (χ2v) is 10.6. The van der Waals surface area contributed by atoms with Crippen LogP contribution in [0.4, 0.5) is 0 Å². The van der Waals surface area contributed by atoms with Crippen LogP contribution >= 0.6 is 11.6 Å². The maximum absolute atomic E-state index is 12.8. The molecule has 31 heavy (non-hydrogen) atoms. The van der Waals surface area contributed by atoms with Crippen molar-refractivity contribution in [1.29, 1.82) is 0 Å². The first-order valence-corrected chi connectivity index (χ1v) is 12.4. The molecule has 2 aromatic rings. The van der Waals surface area contributed by atoms with E-state index >= 15 is 0 Å². The molecule has 0 aromatic heterocycles. The molecule has 1 atom stereocenters. The number of amides is 1. The fourth-order valence-electron chi connectivity index (χ4n) is 3.65. The molecule has 1 saturated heterocycles. The van der Waals surface area contributed by atoms with Crippen molar-refractivity contribution in [3.8, 4) is 0 Å². The highest BCUT2D eigenvalue weighted by Gasteiger charge is 2.29. The SMILES string of the molecule is CC(C)c1ccc(C(C)NC(=O)CN2CCN(S(=O)(=O)c3cccc(Cl)c3)CC2)cc1. The number of hydrogen-bond donors (Lipinski definition) is 1. The third-order valence-corrected chi connectivity index (χ3v) is 7.74. The molecular weight excluding hydrogens is 434 g/mol. The summed E-state index contributed by atoms with van der Waals surface area (Å²) in [6.45, 7) is 8.22. The Hall–Kier alpha value is -1.93. The average Bonchev–Trinajstić information content (AvgIpc) is 2.74. The number of nitrogens with zero attached hydrogens (tertiary/aromatic N) is 2. The molecule has 2 aromatic carbocycles. The maximum Gasteiger partial charge on any atom is 0.243 e. The zero-order chi connectivity index (χ0) is 22.6. The van der Waals surface area contributed by atoms with E-state index in [-0.39, 0.29) is 23.4 Å². The van der Waals surface area contributed by atoms with E-state index in [9.17, 15) is 13.2 Å². The number of carbonyl (C=O) groups excluding carboxylic acids is 1. The van der Waals surface area contributed by atoms with Crippen LogP contribution < -0.4 is 5.32 Å². The predicted octanol–water partition coefficient (Wildman–Crippen LogP) is 3.65. The fourth-order valence-corrected chi connectivity index (χ4v) is 5.37. The summed E-state index contributed by atoms with van der Waals surface area (Å²) in [6, 6.07) is 14.5. The van der Waals surface area contributed by atoms with E-state index < -0.39 is 10.0 Å². The molecule has 0 radical (unpaired) electrons. The normalized spacial score (nSPS) is 16.9. The Morgan fingerprint density at radius 3 is 2.19 bits per heavy atom. The number of carbonyl (C=O) groups is 1. The van der Waals surface area contributed by atoms with Crippen molar-refractivity contribution in [2.45, 2.75) is 37.6 Å². The lowest BCUT2D eigenvalue weighted by Gasteiger charge is -2.33. The van der Waals surface area contributed by atoms with Gasteiger partial charge < -0.3 is 5.32 Å². The maximum atomic E-state index is 12.8.